The number of amides is 1. The molecule has 1 amide bonds. The lowest BCUT2D eigenvalue weighted by Crippen LogP contribution is -2.27. The van der Waals surface area contributed by atoms with E-state index in [9.17, 15) is 4.79 Å². The molecule has 0 bridgehead atoms. The quantitative estimate of drug-likeness (QED) is 0.804. The summed E-state index contributed by atoms with van der Waals surface area (Å²) in [6, 6.07) is 8.48. The van der Waals surface area contributed by atoms with E-state index in [1.807, 2.05) is 13.8 Å². The van der Waals surface area contributed by atoms with Crippen molar-refractivity contribution in [2.45, 2.75) is 65.3 Å². The summed E-state index contributed by atoms with van der Waals surface area (Å²) in [4.78, 5) is 11.1. The summed E-state index contributed by atoms with van der Waals surface area (Å²) >= 11 is 0. The average molecular weight is 290 g/mol. The Bertz CT molecular complexity index is 474. The summed E-state index contributed by atoms with van der Waals surface area (Å²) in [5.74, 6) is -0.271. The van der Waals surface area contributed by atoms with Gasteiger partial charge < -0.3 is 11.5 Å². The van der Waals surface area contributed by atoms with Gasteiger partial charge in [-0.3, -0.25) is 4.79 Å². The van der Waals surface area contributed by atoms with Gasteiger partial charge in [0.25, 0.3) is 0 Å². The van der Waals surface area contributed by atoms with Crippen LogP contribution in [-0.4, -0.2) is 5.91 Å². The molecule has 1 unspecified atom stereocenters. The van der Waals surface area contributed by atoms with Crippen LogP contribution in [0.1, 0.15) is 71.0 Å². The summed E-state index contributed by atoms with van der Waals surface area (Å²) in [5.41, 5.74) is 14.1. The van der Waals surface area contributed by atoms with Crippen molar-refractivity contribution in [2.75, 3.05) is 0 Å². The number of nitrogens with two attached hydrogens (primary N) is 2. The predicted octanol–water partition coefficient (Wildman–Crippen LogP) is 3.67. The molecule has 21 heavy (non-hydrogen) atoms. The number of carbonyl (C=O) groups excluding carboxylic acids is 1. The van der Waals surface area contributed by atoms with Crippen LogP contribution in [0.25, 0.3) is 0 Å². The molecule has 0 saturated carbocycles. The molecule has 3 heteroatoms. The van der Waals surface area contributed by atoms with Crippen molar-refractivity contribution in [1.82, 2.24) is 0 Å². The summed E-state index contributed by atoms with van der Waals surface area (Å²) < 4.78 is 0. The molecule has 0 saturated heterocycles. The summed E-state index contributed by atoms with van der Waals surface area (Å²) in [6.07, 6.45) is 2.21. The van der Waals surface area contributed by atoms with Gasteiger partial charge in [0.1, 0.15) is 0 Å². The van der Waals surface area contributed by atoms with Gasteiger partial charge in [0.15, 0.2) is 0 Å². The second-order valence-corrected chi connectivity index (χ2v) is 7.48. The van der Waals surface area contributed by atoms with Crippen LogP contribution < -0.4 is 11.5 Å². The Morgan fingerprint density at radius 3 is 2.10 bits per heavy atom. The zero-order valence-corrected chi connectivity index (χ0v) is 14.1. The van der Waals surface area contributed by atoms with Crippen molar-refractivity contribution >= 4 is 5.91 Å². The van der Waals surface area contributed by atoms with Crippen LogP contribution in [0.5, 0.6) is 0 Å². The van der Waals surface area contributed by atoms with E-state index >= 15 is 0 Å². The van der Waals surface area contributed by atoms with Crippen LogP contribution >= 0.6 is 0 Å². The number of hydrogen-bond donors (Lipinski definition) is 2. The molecule has 0 fully saturated rings. The Balaban J connectivity index is 2.80. The van der Waals surface area contributed by atoms with Crippen molar-refractivity contribution < 1.29 is 4.79 Å². The standard InChI is InChI=1S/C18H30N2O/c1-6-18(4,5)14-9-7-13(8-10-14)15(19)11-17(2,3)12-16(20)21/h7-10,15H,6,11-12,19H2,1-5H3,(H2,20,21). The van der Waals surface area contributed by atoms with E-state index in [2.05, 4.69) is 45.0 Å². The maximum absolute atomic E-state index is 11.1. The molecular formula is C18H30N2O. The third-order valence-electron chi connectivity index (χ3n) is 4.43. The smallest absolute Gasteiger partial charge is 0.217 e. The number of rotatable bonds is 7. The molecule has 1 aromatic rings. The molecule has 0 aliphatic rings. The fraction of sp³-hybridized carbons (Fsp3) is 0.611. The Morgan fingerprint density at radius 1 is 1.14 bits per heavy atom. The third kappa shape index (κ3) is 5.16. The van der Waals surface area contributed by atoms with Crippen LogP contribution in [0, 0.1) is 5.41 Å². The fourth-order valence-electron chi connectivity index (χ4n) is 2.64. The van der Waals surface area contributed by atoms with Gasteiger partial charge >= 0.3 is 0 Å². The van der Waals surface area contributed by atoms with E-state index in [1.54, 1.807) is 0 Å². The van der Waals surface area contributed by atoms with Crippen LogP contribution in [0.15, 0.2) is 24.3 Å². The number of benzene rings is 1. The molecule has 4 N–H and O–H groups in total. The van der Waals surface area contributed by atoms with Gasteiger partial charge in [0, 0.05) is 12.5 Å². The maximum atomic E-state index is 11.1. The molecule has 3 nitrogen and oxygen atoms in total. The molecule has 0 aliphatic heterocycles. The van der Waals surface area contributed by atoms with E-state index in [0.717, 1.165) is 18.4 Å². The zero-order valence-electron chi connectivity index (χ0n) is 14.1. The molecule has 1 rings (SSSR count). The van der Waals surface area contributed by atoms with Crippen molar-refractivity contribution in [3.8, 4) is 0 Å². The summed E-state index contributed by atoms with van der Waals surface area (Å²) in [7, 11) is 0. The van der Waals surface area contributed by atoms with Gasteiger partial charge in [-0.05, 0) is 34.8 Å². The van der Waals surface area contributed by atoms with Crippen molar-refractivity contribution in [3.05, 3.63) is 35.4 Å². The van der Waals surface area contributed by atoms with Crippen molar-refractivity contribution in [1.29, 1.82) is 0 Å². The second-order valence-electron chi connectivity index (χ2n) is 7.48. The molecule has 1 aromatic carbocycles. The van der Waals surface area contributed by atoms with Crippen LogP contribution in [0.3, 0.4) is 0 Å². The first-order valence-electron chi connectivity index (χ1n) is 7.72. The minimum absolute atomic E-state index is 0.0712. The Kier molecular flexibility index (Phi) is 5.57. The summed E-state index contributed by atoms with van der Waals surface area (Å²) in [5, 5.41) is 0. The minimum atomic E-state index is -0.271. The number of carbonyl (C=O) groups is 1. The van der Waals surface area contributed by atoms with Gasteiger partial charge in [0.05, 0.1) is 0 Å². The lowest BCUT2D eigenvalue weighted by atomic mass is 9.79. The monoisotopic (exact) mass is 290 g/mol. The maximum Gasteiger partial charge on any atom is 0.217 e. The van der Waals surface area contributed by atoms with Gasteiger partial charge in [-0.15, -0.1) is 0 Å². The fourth-order valence-corrected chi connectivity index (χ4v) is 2.64. The van der Waals surface area contributed by atoms with E-state index in [0.29, 0.717) is 6.42 Å². The van der Waals surface area contributed by atoms with Crippen molar-refractivity contribution in [2.24, 2.45) is 16.9 Å². The molecule has 1 atom stereocenters. The first kappa shape index (κ1) is 17.7. The normalized spacial score (nSPS) is 14.0. The molecule has 0 spiro atoms. The highest BCUT2D eigenvalue weighted by Crippen LogP contribution is 2.33. The topological polar surface area (TPSA) is 69.1 Å². The first-order chi connectivity index (χ1) is 9.57. The number of hydrogen-bond acceptors (Lipinski definition) is 2. The zero-order chi connectivity index (χ0) is 16.3. The number of primary amides is 1. The van der Waals surface area contributed by atoms with Crippen LogP contribution in [0.4, 0.5) is 0 Å². The molecular weight excluding hydrogens is 260 g/mol. The Hall–Kier alpha value is -1.35. The first-order valence-corrected chi connectivity index (χ1v) is 7.72. The second kappa shape index (κ2) is 6.61. The van der Waals surface area contributed by atoms with E-state index in [-0.39, 0.29) is 22.8 Å². The predicted molar refractivity (Wildman–Crippen MR) is 88.9 cm³/mol. The molecule has 0 aromatic heterocycles. The highest BCUT2D eigenvalue weighted by Gasteiger charge is 2.25. The van der Waals surface area contributed by atoms with Crippen LogP contribution in [0.2, 0.25) is 0 Å². The van der Waals surface area contributed by atoms with E-state index in [1.165, 1.54) is 5.56 Å². The molecule has 118 valence electrons. The van der Waals surface area contributed by atoms with Gasteiger partial charge in [0.2, 0.25) is 5.91 Å². The largest absolute Gasteiger partial charge is 0.370 e. The lowest BCUT2D eigenvalue weighted by Gasteiger charge is -2.28. The highest BCUT2D eigenvalue weighted by molar-refractivity contribution is 5.74. The molecule has 0 heterocycles. The summed E-state index contributed by atoms with van der Waals surface area (Å²) in [6.45, 7) is 10.8. The van der Waals surface area contributed by atoms with Gasteiger partial charge in [-0.25, -0.2) is 0 Å². The van der Waals surface area contributed by atoms with Crippen LogP contribution in [-0.2, 0) is 10.2 Å². The van der Waals surface area contributed by atoms with Gasteiger partial charge in [-0.1, -0.05) is 58.9 Å². The third-order valence-corrected chi connectivity index (χ3v) is 4.43. The molecule has 0 radical (unpaired) electrons. The van der Waals surface area contributed by atoms with Gasteiger partial charge in [-0.2, -0.15) is 0 Å². The highest BCUT2D eigenvalue weighted by atomic mass is 16.1. The van der Waals surface area contributed by atoms with E-state index in [4.69, 9.17) is 11.5 Å². The molecule has 0 aliphatic carbocycles. The SMILES string of the molecule is CCC(C)(C)c1ccc(C(N)CC(C)(C)CC(N)=O)cc1. The lowest BCUT2D eigenvalue weighted by molar-refractivity contribution is -0.120. The van der Waals surface area contributed by atoms with Crippen molar-refractivity contribution in [3.63, 3.8) is 0 Å². The Labute approximate surface area is 129 Å². The Morgan fingerprint density at radius 2 is 1.67 bits per heavy atom. The average Bonchev–Trinajstić information content (AvgIpc) is 2.36. The van der Waals surface area contributed by atoms with E-state index < -0.39 is 0 Å². The minimum Gasteiger partial charge on any atom is -0.370 e.